The zero-order valence-corrected chi connectivity index (χ0v) is 22.6. The molecule has 0 radical (unpaired) electrons. The number of benzene rings is 3. The van der Waals surface area contributed by atoms with Gasteiger partial charge in [0, 0.05) is 22.3 Å². The lowest BCUT2D eigenvalue weighted by molar-refractivity contribution is -0.137. The summed E-state index contributed by atoms with van der Waals surface area (Å²) in [6, 6.07) is 7.86. The van der Waals surface area contributed by atoms with Gasteiger partial charge in [-0.2, -0.15) is 44.7 Å². The number of allylic oxidation sites excluding steroid dienone is 6. The Labute approximate surface area is 259 Å². The van der Waals surface area contributed by atoms with Crippen LogP contribution >= 0.6 is 0 Å². The fourth-order valence-corrected chi connectivity index (χ4v) is 4.63. The molecular formula is C31H3F11N6. The first kappa shape index (κ1) is 33.9. The van der Waals surface area contributed by atoms with E-state index < -0.39 is 125 Å². The molecule has 0 aliphatic heterocycles. The van der Waals surface area contributed by atoms with Crippen LogP contribution in [0.5, 0.6) is 0 Å². The van der Waals surface area contributed by atoms with E-state index in [-0.39, 0.29) is 6.07 Å². The zero-order chi connectivity index (χ0) is 36.0. The molecule has 0 unspecified atom stereocenters. The predicted molar refractivity (Wildman–Crippen MR) is 136 cm³/mol. The zero-order valence-electron chi connectivity index (χ0n) is 22.6. The van der Waals surface area contributed by atoms with Gasteiger partial charge in [0.1, 0.15) is 41.5 Å². The molecule has 4 rings (SSSR count). The summed E-state index contributed by atoms with van der Waals surface area (Å²) in [4.78, 5) is 0. The number of nitriles is 6. The first-order valence-corrected chi connectivity index (χ1v) is 12.2. The van der Waals surface area contributed by atoms with Crippen LogP contribution in [-0.4, -0.2) is 0 Å². The van der Waals surface area contributed by atoms with E-state index in [1.54, 1.807) is 0 Å². The Hall–Kier alpha value is -6.95. The van der Waals surface area contributed by atoms with Crippen LogP contribution in [0.25, 0.3) is 16.7 Å². The fraction of sp³-hybridized carbons (Fsp3) is 0.0323. The molecule has 0 aromatic heterocycles. The molecule has 0 heterocycles. The number of rotatable bonds is 3. The molecule has 1 aliphatic rings. The molecule has 3 aromatic carbocycles. The van der Waals surface area contributed by atoms with Crippen molar-refractivity contribution in [2.24, 2.45) is 0 Å². The second-order valence-electron chi connectivity index (χ2n) is 9.19. The third-order valence-electron chi connectivity index (χ3n) is 6.75. The first-order chi connectivity index (χ1) is 22.6. The van der Waals surface area contributed by atoms with Gasteiger partial charge in [0.25, 0.3) is 0 Å². The lowest BCUT2D eigenvalue weighted by atomic mass is 9.96. The molecule has 48 heavy (non-hydrogen) atoms. The van der Waals surface area contributed by atoms with Crippen LogP contribution in [-0.2, 0) is 6.18 Å². The molecule has 0 saturated heterocycles. The number of hydrogen-bond donors (Lipinski definition) is 0. The summed E-state index contributed by atoms with van der Waals surface area (Å²) in [7, 11) is 0. The molecule has 6 nitrogen and oxygen atoms in total. The van der Waals surface area contributed by atoms with Gasteiger partial charge in [-0.3, -0.25) is 0 Å². The van der Waals surface area contributed by atoms with Gasteiger partial charge < -0.3 is 0 Å². The molecule has 3 aromatic rings. The van der Waals surface area contributed by atoms with Crippen LogP contribution in [0.2, 0.25) is 0 Å². The summed E-state index contributed by atoms with van der Waals surface area (Å²) in [6.07, 6.45) is -5.38. The summed E-state index contributed by atoms with van der Waals surface area (Å²) < 4.78 is 161. The summed E-state index contributed by atoms with van der Waals surface area (Å²) in [5, 5.41) is 56.5. The summed E-state index contributed by atoms with van der Waals surface area (Å²) in [5.41, 5.74) is -19.2. The van der Waals surface area contributed by atoms with Crippen LogP contribution < -0.4 is 0 Å². The smallest absolute Gasteiger partial charge is 0.203 e. The SMILES string of the molecule is N#CC(=C1C(=C(/C#N)c2c(F)c(F)c(C#N)c(F)c2F)/C1=C(/C#N)c1c(F)c(F)c(C#N)c(F)c1F)c1ccc(C#N)cc1C(F)(F)F. The predicted octanol–water partition coefficient (Wildman–Crippen LogP) is 7.68. The van der Waals surface area contributed by atoms with Crippen LogP contribution in [0.3, 0.4) is 0 Å². The van der Waals surface area contributed by atoms with E-state index in [1.807, 2.05) is 0 Å². The fourth-order valence-electron chi connectivity index (χ4n) is 4.63. The van der Waals surface area contributed by atoms with E-state index in [9.17, 15) is 46.5 Å². The number of hydrogen-bond acceptors (Lipinski definition) is 6. The van der Waals surface area contributed by atoms with Crippen molar-refractivity contribution in [1.82, 2.24) is 0 Å². The Morgan fingerprint density at radius 1 is 0.479 bits per heavy atom. The summed E-state index contributed by atoms with van der Waals surface area (Å²) in [5.74, 6) is -19.3. The largest absolute Gasteiger partial charge is 0.417 e. The second-order valence-corrected chi connectivity index (χ2v) is 9.19. The maximum Gasteiger partial charge on any atom is 0.417 e. The number of nitrogens with zero attached hydrogens (tertiary/aromatic N) is 6. The third-order valence-corrected chi connectivity index (χ3v) is 6.75. The Morgan fingerprint density at radius 3 is 1.12 bits per heavy atom. The van der Waals surface area contributed by atoms with E-state index >= 15 is 17.6 Å². The maximum absolute atomic E-state index is 15.1. The van der Waals surface area contributed by atoms with Gasteiger partial charge in [-0.1, -0.05) is 6.07 Å². The molecule has 17 heteroatoms. The molecular weight excluding hydrogens is 665 g/mol. The van der Waals surface area contributed by atoms with Gasteiger partial charge in [0.2, 0.25) is 0 Å². The average Bonchev–Trinajstić information content (AvgIpc) is 3.77. The van der Waals surface area contributed by atoms with Crippen molar-refractivity contribution >= 4 is 16.7 Å². The van der Waals surface area contributed by atoms with Gasteiger partial charge in [-0.05, 0) is 12.1 Å². The van der Waals surface area contributed by atoms with E-state index in [0.29, 0.717) is 6.07 Å². The van der Waals surface area contributed by atoms with Crippen LogP contribution in [0.15, 0.2) is 34.9 Å². The van der Waals surface area contributed by atoms with Crippen molar-refractivity contribution in [3.05, 3.63) is 120 Å². The Balaban J connectivity index is 2.35. The highest BCUT2D eigenvalue weighted by atomic mass is 19.4. The van der Waals surface area contributed by atoms with Crippen molar-refractivity contribution < 1.29 is 48.3 Å². The molecule has 1 aliphatic carbocycles. The minimum atomic E-state index is -5.38. The summed E-state index contributed by atoms with van der Waals surface area (Å²) >= 11 is 0. The number of alkyl halides is 3. The minimum Gasteiger partial charge on any atom is -0.203 e. The molecule has 0 N–H and O–H groups in total. The van der Waals surface area contributed by atoms with Crippen molar-refractivity contribution in [3.63, 3.8) is 0 Å². The van der Waals surface area contributed by atoms with E-state index in [1.165, 1.54) is 12.1 Å². The molecule has 0 spiro atoms. The Kier molecular flexibility index (Phi) is 8.55. The quantitative estimate of drug-likeness (QED) is 0.159. The molecule has 1 saturated carbocycles. The first-order valence-electron chi connectivity index (χ1n) is 12.2. The van der Waals surface area contributed by atoms with Crippen LogP contribution in [0.4, 0.5) is 48.3 Å². The number of halogens is 11. The van der Waals surface area contributed by atoms with Crippen LogP contribution in [0, 0.1) is 115 Å². The molecule has 0 amide bonds. The normalized spacial score (nSPS) is 15.2. The minimum absolute atomic E-state index is 0.230. The van der Waals surface area contributed by atoms with E-state index in [0.717, 1.165) is 30.3 Å². The molecule has 1 fully saturated rings. The van der Waals surface area contributed by atoms with E-state index in [2.05, 4.69) is 0 Å². The van der Waals surface area contributed by atoms with Crippen molar-refractivity contribution in [3.8, 4) is 36.4 Å². The van der Waals surface area contributed by atoms with Crippen molar-refractivity contribution in [2.75, 3.05) is 0 Å². The second kappa shape index (κ2) is 12.1. The molecule has 234 valence electrons. The summed E-state index contributed by atoms with van der Waals surface area (Å²) in [6.45, 7) is 0. The average molecular weight is 668 g/mol. The maximum atomic E-state index is 15.1. The van der Waals surface area contributed by atoms with Gasteiger partial charge in [-0.15, -0.1) is 0 Å². The van der Waals surface area contributed by atoms with Gasteiger partial charge in [-0.25, -0.2) is 35.1 Å². The Morgan fingerprint density at radius 2 is 0.833 bits per heavy atom. The van der Waals surface area contributed by atoms with Gasteiger partial charge in [0.05, 0.1) is 45.0 Å². The standard InChI is InChI=1S/C31H3F11N6/c32-23-15(8-47)24(33)28(37)21(27(23)36)13(6-45)19-18(12(5-44)11-2-1-10(4-43)3-17(11)31(40,41)42)20(19)14(7-46)22-29(38)25(34)16(9-48)26(35)30(22)39/h1-3H/b18-12?,19-13-,20-14+. The van der Waals surface area contributed by atoms with Crippen LogP contribution in [0.1, 0.15) is 38.9 Å². The molecule has 0 bridgehead atoms. The lowest BCUT2D eigenvalue weighted by Gasteiger charge is -2.12. The highest BCUT2D eigenvalue weighted by Gasteiger charge is 2.46. The van der Waals surface area contributed by atoms with Crippen molar-refractivity contribution in [2.45, 2.75) is 6.18 Å². The Bertz CT molecular complexity index is 2200. The highest BCUT2D eigenvalue weighted by Crippen LogP contribution is 2.57. The monoisotopic (exact) mass is 668 g/mol. The topological polar surface area (TPSA) is 143 Å². The lowest BCUT2D eigenvalue weighted by Crippen LogP contribution is -2.09. The third kappa shape index (κ3) is 5.03. The van der Waals surface area contributed by atoms with Gasteiger partial charge in [0.15, 0.2) is 46.5 Å². The van der Waals surface area contributed by atoms with Crippen molar-refractivity contribution in [1.29, 1.82) is 31.6 Å². The van der Waals surface area contributed by atoms with E-state index in [4.69, 9.17) is 15.8 Å². The van der Waals surface area contributed by atoms with Gasteiger partial charge >= 0.3 is 6.18 Å². The molecule has 0 atom stereocenters. The highest BCUT2D eigenvalue weighted by molar-refractivity contribution is 6.12.